The van der Waals surface area contributed by atoms with Crippen LogP contribution >= 0.6 is 0 Å². The molecule has 3 nitrogen and oxygen atoms in total. The van der Waals surface area contributed by atoms with E-state index in [9.17, 15) is 0 Å². The van der Waals surface area contributed by atoms with Crippen molar-refractivity contribution in [3.05, 3.63) is 176 Å². The van der Waals surface area contributed by atoms with Gasteiger partial charge in [0.25, 0.3) is 0 Å². The summed E-state index contributed by atoms with van der Waals surface area (Å²) in [6.45, 7) is 0. The number of fused-ring (bicyclic) bond motifs is 3. The summed E-state index contributed by atoms with van der Waals surface area (Å²) >= 11 is 0. The second-order valence-electron chi connectivity index (χ2n) is 12.3. The normalized spacial score (nSPS) is 14.6. The second-order valence-corrected chi connectivity index (χ2v) is 12.3. The Morgan fingerprint density at radius 3 is 1.91 bits per heavy atom. The summed E-state index contributed by atoms with van der Waals surface area (Å²) in [7, 11) is 0. The molecule has 9 rings (SSSR count). The Morgan fingerprint density at radius 2 is 1.23 bits per heavy atom. The molecule has 2 heterocycles. The zero-order chi connectivity index (χ0) is 31.2. The van der Waals surface area contributed by atoms with Gasteiger partial charge in [0.2, 0.25) is 0 Å². The minimum absolute atomic E-state index is 0.345. The first-order valence-electron chi connectivity index (χ1n) is 16.2. The Balaban J connectivity index is 1.16. The lowest BCUT2D eigenvalue weighted by Gasteiger charge is -2.18. The third-order valence-electron chi connectivity index (χ3n) is 9.45. The van der Waals surface area contributed by atoms with Crippen LogP contribution in [0.2, 0.25) is 0 Å². The fourth-order valence-corrected chi connectivity index (χ4v) is 7.14. The van der Waals surface area contributed by atoms with E-state index in [2.05, 4.69) is 157 Å². The number of nitrogens with zero attached hydrogens (tertiary/aromatic N) is 3. The second kappa shape index (κ2) is 11.4. The fourth-order valence-electron chi connectivity index (χ4n) is 7.14. The highest BCUT2D eigenvalue weighted by molar-refractivity contribution is 6.22. The quantitative estimate of drug-likeness (QED) is 0.184. The molecule has 0 spiro atoms. The van der Waals surface area contributed by atoms with Gasteiger partial charge in [-0.2, -0.15) is 5.10 Å². The van der Waals surface area contributed by atoms with Crippen LogP contribution in [0.4, 0.5) is 0 Å². The van der Waals surface area contributed by atoms with Gasteiger partial charge in [-0.15, -0.1) is 0 Å². The maximum absolute atomic E-state index is 5.03. The molecule has 1 unspecified atom stereocenters. The molecule has 1 aliphatic rings. The van der Waals surface area contributed by atoms with E-state index >= 15 is 0 Å². The molecule has 0 amide bonds. The summed E-state index contributed by atoms with van der Waals surface area (Å²) in [6.07, 6.45) is 13.6. The van der Waals surface area contributed by atoms with Crippen LogP contribution in [0.25, 0.3) is 71.5 Å². The van der Waals surface area contributed by atoms with Crippen molar-refractivity contribution in [3.63, 3.8) is 0 Å². The van der Waals surface area contributed by atoms with Gasteiger partial charge in [-0.1, -0.05) is 127 Å². The molecular weight excluding hydrogens is 571 g/mol. The van der Waals surface area contributed by atoms with E-state index in [0.29, 0.717) is 5.92 Å². The smallest absolute Gasteiger partial charge is 0.0933 e. The Labute approximate surface area is 273 Å². The predicted molar refractivity (Wildman–Crippen MR) is 196 cm³/mol. The van der Waals surface area contributed by atoms with Crippen molar-refractivity contribution < 1.29 is 0 Å². The van der Waals surface area contributed by atoms with Gasteiger partial charge in [-0.05, 0) is 91.2 Å². The zero-order valence-electron chi connectivity index (χ0n) is 25.8. The van der Waals surface area contributed by atoms with Gasteiger partial charge < -0.3 is 0 Å². The fraction of sp³-hybridized carbons (Fsp3) is 0.0455. The molecule has 1 aliphatic carbocycles. The van der Waals surface area contributed by atoms with Gasteiger partial charge >= 0.3 is 0 Å². The van der Waals surface area contributed by atoms with Crippen LogP contribution in [0.5, 0.6) is 0 Å². The van der Waals surface area contributed by atoms with E-state index in [0.717, 1.165) is 28.6 Å². The molecule has 3 heteroatoms. The van der Waals surface area contributed by atoms with Crippen molar-refractivity contribution in [1.29, 1.82) is 0 Å². The molecule has 0 aliphatic heterocycles. The maximum Gasteiger partial charge on any atom is 0.0933 e. The first-order chi connectivity index (χ1) is 23.3. The van der Waals surface area contributed by atoms with E-state index in [1.165, 1.54) is 54.9 Å². The van der Waals surface area contributed by atoms with E-state index in [-0.39, 0.29) is 0 Å². The number of hydrogen-bond donors (Lipinski definition) is 0. The number of hydrogen-bond acceptors (Lipinski definition) is 2. The molecule has 8 aromatic rings. The molecule has 0 N–H and O–H groups in total. The number of allylic oxidation sites excluding steroid dienone is 4. The van der Waals surface area contributed by atoms with Crippen molar-refractivity contribution in [2.45, 2.75) is 12.3 Å². The van der Waals surface area contributed by atoms with Crippen LogP contribution in [0.15, 0.2) is 170 Å². The number of pyridine rings is 1. The van der Waals surface area contributed by atoms with Gasteiger partial charge in [-0.3, -0.25) is 4.98 Å². The molecule has 0 fully saturated rings. The van der Waals surface area contributed by atoms with Crippen molar-refractivity contribution in [2.24, 2.45) is 0 Å². The summed E-state index contributed by atoms with van der Waals surface area (Å²) in [5.41, 5.74) is 10.6. The molecule has 0 saturated carbocycles. The van der Waals surface area contributed by atoms with Gasteiger partial charge in [0, 0.05) is 29.9 Å². The number of benzene rings is 6. The van der Waals surface area contributed by atoms with Crippen molar-refractivity contribution in [3.8, 4) is 33.4 Å². The first kappa shape index (κ1) is 27.3. The highest BCUT2D eigenvalue weighted by atomic mass is 15.3. The molecule has 222 valence electrons. The standard InChI is InChI=1S/C44H31N3/c1-3-10-31(11-4-1)43-38-15-7-8-16-39(38)44(32-12-5-2-6-13-32)41-26-33(21-24-40(41)43)34-17-18-36-29-47(46-42(36)27-34)37-22-19-30(20-23-37)35-14-9-25-45-28-35/h1-19,21-30H,20H2. The lowest BCUT2D eigenvalue weighted by molar-refractivity contribution is 0.826. The van der Waals surface area contributed by atoms with Crippen LogP contribution in [0.1, 0.15) is 17.9 Å². The van der Waals surface area contributed by atoms with Crippen LogP contribution < -0.4 is 0 Å². The minimum atomic E-state index is 0.345. The maximum atomic E-state index is 5.03. The molecule has 0 saturated heterocycles. The first-order valence-corrected chi connectivity index (χ1v) is 16.2. The molecule has 6 aromatic carbocycles. The molecular formula is C44H31N3. The lowest BCUT2D eigenvalue weighted by Crippen LogP contribution is -2.03. The van der Waals surface area contributed by atoms with Crippen molar-refractivity contribution in [1.82, 2.24) is 14.8 Å². The monoisotopic (exact) mass is 601 g/mol. The minimum Gasteiger partial charge on any atom is -0.264 e. The highest BCUT2D eigenvalue weighted by Gasteiger charge is 2.18. The lowest BCUT2D eigenvalue weighted by atomic mass is 9.85. The van der Waals surface area contributed by atoms with Crippen LogP contribution in [-0.4, -0.2) is 14.8 Å². The summed E-state index contributed by atoms with van der Waals surface area (Å²) < 4.78 is 2.01. The molecule has 0 bridgehead atoms. The average molecular weight is 602 g/mol. The molecule has 0 radical (unpaired) electrons. The summed E-state index contributed by atoms with van der Waals surface area (Å²) in [6, 6.07) is 48.1. The third kappa shape index (κ3) is 4.84. The van der Waals surface area contributed by atoms with Gasteiger partial charge in [0.15, 0.2) is 0 Å². The van der Waals surface area contributed by atoms with E-state index in [1.54, 1.807) is 0 Å². The van der Waals surface area contributed by atoms with E-state index in [1.807, 2.05) is 23.1 Å². The number of rotatable bonds is 5. The number of aromatic nitrogens is 3. The summed E-state index contributed by atoms with van der Waals surface area (Å²) in [5, 5.41) is 11.2. The highest BCUT2D eigenvalue weighted by Crippen LogP contribution is 2.44. The molecule has 2 aromatic heterocycles. The van der Waals surface area contributed by atoms with E-state index < -0.39 is 0 Å². The third-order valence-corrected chi connectivity index (χ3v) is 9.45. The Hall–Kier alpha value is -6.06. The Kier molecular flexibility index (Phi) is 6.60. The van der Waals surface area contributed by atoms with Gasteiger partial charge in [0.1, 0.15) is 0 Å². The zero-order valence-corrected chi connectivity index (χ0v) is 25.8. The van der Waals surface area contributed by atoms with Crippen molar-refractivity contribution >= 4 is 38.1 Å². The molecule has 1 atom stereocenters. The van der Waals surface area contributed by atoms with Gasteiger partial charge in [0.05, 0.1) is 11.2 Å². The van der Waals surface area contributed by atoms with E-state index in [4.69, 9.17) is 5.10 Å². The average Bonchev–Trinajstić information content (AvgIpc) is 3.58. The van der Waals surface area contributed by atoms with Gasteiger partial charge in [-0.25, -0.2) is 4.68 Å². The summed E-state index contributed by atoms with van der Waals surface area (Å²) in [4.78, 5) is 4.30. The predicted octanol–water partition coefficient (Wildman–Crippen LogP) is 11.3. The Morgan fingerprint density at radius 1 is 0.574 bits per heavy atom. The SMILES string of the molecule is C1=CC(c2cccnc2)CC=C1n1cc2ccc(-c3ccc4c(-c5ccccc5)c5ccccc5c(-c5ccccc5)c4c3)cc2n1. The summed E-state index contributed by atoms with van der Waals surface area (Å²) in [5.74, 6) is 0.345. The topological polar surface area (TPSA) is 30.7 Å². The van der Waals surface area contributed by atoms with Crippen LogP contribution in [0, 0.1) is 0 Å². The Bertz CT molecular complexity index is 2470. The largest absolute Gasteiger partial charge is 0.264 e. The van der Waals surface area contributed by atoms with Crippen LogP contribution in [0.3, 0.4) is 0 Å². The van der Waals surface area contributed by atoms with Crippen molar-refractivity contribution in [2.75, 3.05) is 0 Å². The van der Waals surface area contributed by atoms with Crippen LogP contribution in [-0.2, 0) is 0 Å². The molecule has 47 heavy (non-hydrogen) atoms.